The molecule has 0 heterocycles. The topological polar surface area (TPSA) is 61.7 Å². The van der Waals surface area contributed by atoms with Gasteiger partial charge in [0.15, 0.2) is 0 Å². The van der Waals surface area contributed by atoms with E-state index in [2.05, 4.69) is 19.2 Å². The molecule has 1 aliphatic rings. The fourth-order valence-corrected chi connectivity index (χ4v) is 2.66. The molecule has 2 unspecified atom stereocenters. The van der Waals surface area contributed by atoms with Crippen molar-refractivity contribution in [3.63, 3.8) is 0 Å². The van der Waals surface area contributed by atoms with E-state index in [1.807, 2.05) is 0 Å². The molecule has 1 fully saturated rings. The summed E-state index contributed by atoms with van der Waals surface area (Å²) >= 11 is 0. The van der Waals surface area contributed by atoms with Crippen LogP contribution in [0.1, 0.15) is 58.8 Å². The zero-order chi connectivity index (χ0) is 14.8. The number of aliphatic hydroxyl groups is 2. The first-order valence-electron chi connectivity index (χ1n) is 8.27. The van der Waals surface area contributed by atoms with Crippen LogP contribution >= 0.6 is 0 Å². The van der Waals surface area contributed by atoms with Crippen LogP contribution in [0.15, 0.2) is 0 Å². The summed E-state index contributed by atoms with van der Waals surface area (Å²) in [6.45, 7) is 6.21. The lowest BCUT2D eigenvalue weighted by Crippen LogP contribution is -2.56. The van der Waals surface area contributed by atoms with Gasteiger partial charge in [-0.15, -0.1) is 0 Å². The molecule has 0 radical (unpaired) electrons. The summed E-state index contributed by atoms with van der Waals surface area (Å²) in [5.74, 6) is 0.616. The summed E-state index contributed by atoms with van der Waals surface area (Å²) < 4.78 is 5.64. The lowest BCUT2D eigenvalue weighted by atomic mass is 9.77. The van der Waals surface area contributed by atoms with Crippen LogP contribution in [-0.4, -0.2) is 48.2 Å². The van der Waals surface area contributed by atoms with E-state index in [4.69, 9.17) is 4.74 Å². The summed E-state index contributed by atoms with van der Waals surface area (Å²) in [6, 6.07) is 0. The maximum absolute atomic E-state index is 9.92. The van der Waals surface area contributed by atoms with E-state index in [0.717, 1.165) is 32.3 Å². The molecule has 0 aromatic carbocycles. The number of rotatable bonds is 12. The average molecular weight is 287 g/mol. The van der Waals surface area contributed by atoms with Crippen molar-refractivity contribution in [1.82, 2.24) is 5.32 Å². The lowest BCUT2D eigenvalue weighted by Gasteiger charge is -2.41. The van der Waals surface area contributed by atoms with Gasteiger partial charge in [0, 0.05) is 18.7 Å². The Morgan fingerprint density at radius 2 is 2.00 bits per heavy atom. The molecule has 0 aliphatic heterocycles. The molecular formula is C16H33NO3. The van der Waals surface area contributed by atoms with Gasteiger partial charge in [0.05, 0.1) is 19.3 Å². The fraction of sp³-hybridized carbons (Fsp3) is 1.00. The SMILES string of the molecule is CCCCC(CC)COCC(O)CNC1(CO)CCC1. The maximum atomic E-state index is 9.92. The fourth-order valence-electron chi connectivity index (χ4n) is 2.66. The second kappa shape index (κ2) is 9.72. The minimum absolute atomic E-state index is 0.131. The third kappa shape index (κ3) is 6.08. The molecule has 3 N–H and O–H groups in total. The van der Waals surface area contributed by atoms with Gasteiger partial charge in [0.1, 0.15) is 0 Å². The highest BCUT2D eigenvalue weighted by molar-refractivity contribution is 4.95. The molecule has 1 rings (SSSR count). The number of hydrogen-bond acceptors (Lipinski definition) is 4. The molecule has 0 saturated heterocycles. The van der Waals surface area contributed by atoms with Crippen molar-refractivity contribution in [3.8, 4) is 0 Å². The summed E-state index contributed by atoms with van der Waals surface area (Å²) in [5.41, 5.74) is -0.131. The third-order valence-electron chi connectivity index (χ3n) is 4.53. The highest BCUT2D eigenvalue weighted by Gasteiger charge is 2.35. The van der Waals surface area contributed by atoms with Gasteiger partial charge in [-0.25, -0.2) is 0 Å². The number of β-amino-alcohol motifs (C(OH)–C–C–N with tert-alkyl or cyclic N) is 1. The minimum Gasteiger partial charge on any atom is -0.394 e. The van der Waals surface area contributed by atoms with Crippen LogP contribution in [0.3, 0.4) is 0 Å². The Labute approximate surface area is 123 Å². The van der Waals surface area contributed by atoms with E-state index in [1.165, 1.54) is 19.3 Å². The van der Waals surface area contributed by atoms with Gasteiger partial charge in [0.25, 0.3) is 0 Å². The Bertz CT molecular complexity index is 238. The number of nitrogens with one attached hydrogen (secondary N) is 1. The van der Waals surface area contributed by atoms with Gasteiger partial charge in [0.2, 0.25) is 0 Å². The predicted molar refractivity (Wildman–Crippen MR) is 81.8 cm³/mol. The smallest absolute Gasteiger partial charge is 0.0897 e. The van der Waals surface area contributed by atoms with Gasteiger partial charge >= 0.3 is 0 Å². The van der Waals surface area contributed by atoms with Crippen molar-refractivity contribution < 1.29 is 14.9 Å². The quantitative estimate of drug-likeness (QED) is 0.514. The van der Waals surface area contributed by atoms with E-state index in [9.17, 15) is 10.2 Å². The Morgan fingerprint density at radius 3 is 2.50 bits per heavy atom. The molecule has 0 spiro atoms. The molecule has 4 nitrogen and oxygen atoms in total. The van der Waals surface area contributed by atoms with Crippen molar-refractivity contribution >= 4 is 0 Å². The Balaban J connectivity index is 2.08. The van der Waals surface area contributed by atoms with Gasteiger partial charge < -0.3 is 20.3 Å². The first kappa shape index (κ1) is 17.9. The minimum atomic E-state index is -0.484. The first-order chi connectivity index (χ1) is 9.65. The monoisotopic (exact) mass is 287 g/mol. The molecule has 0 aromatic heterocycles. The summed E-state index contributed by atoms with van der Waals surface area (Å²) in [6.07, 6.45) is 7.53. The normalized spacial score (nSPS) is 20.4. The predicted octanol–water partition coefficient (Wildman–Crippen LogP) is 2.08. The molecule has 2 atom stereocenters. The van der Waals surface area contributed by atoms with Crippen molar-refractivity contribution in [3.05, 3.63) is 0 Å². The number of aliphatic hydroxyl groups excluding tert-OH is 2. The highest BCUT2D eigenvalue weighted by atomic mass is 16.5. The number of hydrogen-bond donors (Lipinski definition) is 3. The summed E-state index contributed by atoms with van der Waals surface area (Å²) in [7, 11) is 0. The Kier molecular flexibility index (Phi) is 8.69. The average Bonchev–Trinajstić information content (AvgIpc) is 2.42. The van der Waals surface area contributed by atoms with Crippen LogP contribution in [0, 0.1) is 5.92 Å². The van der Waals surface area contributed by atoms with E-state index < -0.39 is 6.10 Å². The van der Waals surface area contributed by atoms with Gasteiger partial charge in [-0.2, -0.15) is 0 Å². The molecule has 20 heavy (non-hydrogen) atoms. The second-order valence-electron chi connectivity index (χ2n) is 6.28. The molecule has 1 saturated carbocycles. The summed E-state index contributed by atoms with van der Waals surface area (Å²) in [4.78, 5) is 0. The van der Waals surface area contributed by atoms with Crippen LogP contribution in [-0.2, 0) is 4.74 Å². The summed E-state index contributed by atoms with van der Waals surface area (Å²) in [5, 5.41) is 22.5. The van der Waals surface area contributed by atoms with Gasteiger partial charge in [-0.3, -0.25) is 0 Å². The van der Waals surface area contributed by atoms with Crippen molar-refractivity contribution in [2.45, 2.75) is 70.4 Å². The third-order valence-corrected chi connectivity index (χ3v) is 4.53. The number of unbranched alkanes of at least 4 members (excludes halogenated alkanes) is 1. The van der Waals surface area contributed by atoms with Crippen LogP contribution in [0.5, 0.6) is 0 Å². The zero-order valence-corrected chi connectivity index (χ0v) is 13.2. The molecule has 0 bridgehead atoms. The standard InChI is InChI=1S/C16H33NO3/c1-3-5-7-14(4-2)11-20-12-15(19)10-17-16(13-18)8-6-9-16/h14-15,17-19H,3-13H2,1-2H3. The maximum Gasteiger partial charge on any atom is 0.0897 e. The molecule has 0 amide bonds. The van der Waals surface area contributed by atoms with Crippen LogP contribution in [0.25, 0.3) is 0 Å². The van der Waals surface area contributed by atoms with E-state index in [1.54, 1.807) is 0 Å². The van der Waals surface area contributed by atoms with Crippen LogP contribution in [0.2, 0.25) is 0 Å². The van der Waals surface area contributed by atoms with Crippen molar-refractivity contribution in [1.29, 1.82) is 0 Å². The first-order valence-corrected chi connectivity index (χ1v) is 8.27. The highest BCUT2D eigenvalue weighted by Crippen LogP contribution is 2.30. The zero-order valence-electron chi connectivity index (χ0n) is 13.2. The Morgan fingerprint density at radius 1 is 1.25 bits per heavy atom. The molecule has 0 aromatic rings. The molecule has 1 aliphatic carbocycles. The molecule has 120 valence electrons. The van der Waals surface area contributed by atoms with Crippen molar-refractivity contribution in [2.24, 2.45) is 5.92 Å². The number of ether oxygens (including phenoxy) is 1. The van der Waals surface area contributed by atoms with E-state index in [-0.39, 0.29) is 12.1 Å². The van der Waals surface area contributed by atoms with E-state index in [0.29, 0.717) is 19.1 Å². The Hall–Kier alpha value is -0.160. The van der Waals surface area contributed by atoms with Crippen LogP contribution in [0.4, 0.5) is 0 Å². The lowest BCUT2D eigenvalue weighted by molar-refractivity contribution is 0.00687. The second-order valence-corrected chi connectivity index (χ2v) is 6.28. The van der Waals surface area contributed by atoms with Gasteiger partial charge in [-0.1, -0.05) is 33.1 Å². The van der Waals surface area contributed by atoms with Crippen molar-refractivity contribution in [2.75, 3.05) is 26.4 Å². The largest absolute Gasteiger partial charge is 0.394 e. The molecular weight excluding hydrogens is 254 g/mol. The molecule has 4 heteroatoms. The van der Waals surface area contributed by atoms with Crippen LogP contribution < -0.4 is 5.32 Å². The van der Waals surface area contributed by atoms with E-state index >= 15 is 0 Å². The van der Waals surface area contributed by atoms with Gasteiger partial charge in [-0.05, 0) is 31.6 Å².